The Labute approximate surface area is 200 Å². The smallest absolute Gasteiger partial charge is 0.243 e. The lowest BCUT2D eigenvalue weighted by Crippen LogP contribution is -2.43. The summed E-state index contributed by atoms with van der Waals surface area (Å²) in [5.74, 6) is 1.94. The van der Waals surface area contributed by atoms with Crippen LogP contribution in [-0.4, -0.2) is 59.2 Å². The van der Waals surface area contributed by atoms with E-state index in [1.54, 1.807) is 32.4 Å². The molecule has 1 amide bonds. The molecule has 2 aromatic rings. The number of hydrogen-bond donors (Lipinski definition) is 1. The molecule has 0 saturated carbocycles. The summed E-state index contributed by atoms with van der Waals surface area (Å²) in [5, 5.41) is 3.04. The van der Waals surface area contributed by atoms with Gasteiger partial charge in [0.2, 0.25) is 15.9 Å². The number of ether oxygens (including phenoxy) is 4. The van der Waals surface area contributed by atoms with Crippen LogP contribution in [0.1, 0.15) is 31.4 Å². The van der Waals surface area contributed by atoms with Gasteiger partial charge in [-0.15, -0.1) is 0 Å². The van der Waals surface area contributed by atoms with Crippen molar-refractivity contribution >= 4 is 15.9 Å². The highest BCUT2D eigenvalue weighted by molar-refractivity contribution is 7.89. The van der Waals surface area contributed by atoms with Crippen LogP contribution in [0.3, 0.4) is 0 Å². The summed E-state index contributed by atoms with van der Waals surface area (Å²) >= 11 is 0. The maximum Gasteiger partial charge on any atom is 0.243 e. The molecule has 10 heteroatoms. The van der Waals surface area contributed by atoms with E-state index in [1.165, 1.54) is 16.4 Å². The van der Waals surface area contributed by atoms with E-state index in [1.807, 2.05) is 13.0 Å². The second kappa shape index (κ2) is 10.1. The van der Waals surface area contributed by atoms with Gasteiger partial charge in [0.05, 0.1) is 25.2 Å². The van der Waals surface area contributed by atoms with E-state index in [-0.39, 0.29) is 35.9 Å². The molecule has 0 spiro atoms. The molecule has 9 nitrogen and oxygen atoms in total. The summed E-state index contributed by atoms with van der Waals surface area (Å²) in [6, 6.07) is 9.81. The summed E-state index contributed by atoms with van der Waals surface area (Å²) < 4.78 is 49.4. The topological polar surface area (TPSA) is 103 Å². The first-order valence-electron chi connectivity index (χ1n) is 11.3. The Bertz CT molecular complexity index is 1140. The van der Waals surface area contributed by atoms with Gasteiger partial charge in [-0.2, -0.15) is 4.31 Å². The zero-order chi connectivity index (χ0) is 24.3. The summed E-state index contributed by atoms with van der Waals surface area (Å²) in [6.07, 6.45) is 0.884. The van der Waals surface area contributed by atoms with Crippen LogP contribution in [0.5, 0.6) is 23.0 Å². The number of benzene rings is 2. The van der Waals surface area contributed by atoms with Gasteiger partial charge >= 0.3 is 0 Å². The highest BCUT2D eigenvalue weighted by Crippen LogP contribution is 2.34. The number of carbonyl (C=O) groups excluding carboxylic acids is 1. The molecule has 2 aliphatic rings. The summed E-state index contributed by atoms with van der Waals surface area (Å²) in [5.41, 5.74) is 0.814. The number of sulfonamides is 1. The number of carbonyl (C=O) groups is 1. The minimum absolute atomic E-state index is 0.103. The van der Waals surface area contributed by atoms with Crippen LogP contribution in [0, 0.1) is 5.92 Å². The van der Waals surface area contributed by atoms with Gasteiger partial charge in [-0.1, -0.05) is 0 Å². The normalized spacial score (nSPS) is 17.6. The molecule has 0 aliphatic carbocycles. The van der Waals surface area contributed by atoms with E-state index >= 15 is 0 Å². The molecule has 4 rings (SSSR count). The molecule has 184 valence electrons. The van der Waals surface area contributed by atoms with E-state index in [0.29, 0.717) is 49.1 Å². The molecular formula is C24H30N2O7S. The number of nitrogens with zero attached hydrogens (tertiary/aromatic N) is 1. The minimum Gasteiger partial charge on any atom is -0.497 e. The van der Waals surface area contributed by atoms with Gasteiger partial charge in [-0.25, -0.2) is 8.42 Å². The van der Waals surface area contributed by atoms with Gasteiger partial charge in [0.15, 0.2) is 11.5 Å². The Kier molecular flexibility index (Phi) is 7.18. The number of amides is 1. The average molecular weight is 491 g/mol. The van der Waals surface area contributed by atoms with Crippen molar-refractivity contribution in [3.8, 4) is 23.0 Å². The highest BCUT2D eigenvalue weighted by Gasteiger charge is 2.33. The van der Waals surface area contributed by atoms with E-state index < -0.39 is 10.0 Å². The molecule has 34 heavy (non-hydrogen) atoms. The first kappa shape index (κ1) is 24.2. The number of fused-ring (bicyclic) bond motifs is 1. The quantitative estimate of drug-likeness (QED) is 0.637. The van der Waals surface area contributed by atoms with Crippen LogP contribution in [0.2, 0.25) is 0 Å². The monoisotopic (exact) mass is 490 g/mol. The minimum atomic E-state index is -3.69. The van der Waals surface area contributed by atoms with Crippen molar-refractivity contribution < 1.29 is 32.2 Å². The standard InChI is InChI=1S/C24H30N2O7S/c1-16(20-14-18(30-2)4-6-21(20)31-3)25-24(27)17-8-10-26(11-9-17)34(28,29)19-5-7-22-23(15-19)33-13-12-32-22/h4-7,14-17H,8-13H2,1-3H3,(H,25,27)/t16-/m1/s1. The molecule has 2 aromatic carbocycles. The van der Waals surface area contributed by atoms with Crippen LogP contribution in [-0.2, 0) is 14.8 Å². The molecule has 0 unspecified atom stereocenters. The van der Waals surface area contributed by atoms with Crippen molar-refractivity contribution in [1.82, 2.24) is 9.62 Å². The van der Waals surface area contributed by atoms with Gasteiger partial charge in [0, 0.05) is 30.6 Å². The van der Waals surface area contributed by atoms with Crippen molar-refractivity contribution in [3.63, 3.8) is 0 Å². The molecule has 1 fully saturated rings. The summed E-state index contributed by atoms with van der Waals surface area (Å²) in [6.45, 7) is 3.25. The lowest BCUT2D eigenvalue weighted by molar-refractivity contribution is -0.126. The molecule has 1 saturated heterocycles. The lowest BCUT2D eigenvalue weighted by atomic mass is 9.96. The predicted octanol–water partition coefficient (Wildman–Crippen LogP) is 2.75. The Morgan fingerprint density at radius 3 is 2.41 bits per heavy atom. The molecule has 2 heterocycles. The fourth-order valence-electron chi connectivity index (χ4n) is 4.28. The Hall–Kier alpha value is -2.98. The Balaban J connectivity index is 1.38. The van der Waals surface area contributed by atoms with Crippen molar-refractivity contribution in [2.75, 3.05) is 40.5 Å². The molecule has 0 bridgehead atoms. The number of rotatable bonds is 7. The highest BCUT2D eigenvalue weighted by atomic mass is 32.2. The van der Waals surface area contributed by atoms with Gasteiger partial charge < -0.3 is 24.3 Å². The van der Waals surface area contributed by atoms with E-state index in [2.05, 4.69) is 5.32 Å². The third-order valence-electron chi connectivity index (χ3n) is 6.24. The number of hydrogen-bond acceptors (Lipinski definition) is 7. The zero-order valence-electron chi connectivity index (χ0n) is 19.6. The Morgan fingerprint density at radius 2 is 1.74 bits per heavy atom. The van der Waals surface area contributed by atoms with E-state index in [4.69, 9.17) is 18.9 Å². The summed E-state index contributed by atoms with van der Waals surface area (Å²) in [7, 11) is -0.526. The number of methoxy groups -OCH3 is 2. The van der Waals surface area contributed by atoms with Gasteiger partial charge in [0.1, 0.15) is 24.7 Å². The average Bonchev–Trinajstić information content (AvgIpc) is 2.87. The van der Waals surface area contributed by atoms with Gasteiger partial charge in [-0.3, -0.25) is 4.79 Å². The Morgan fingerprint density at radius 1 is 1.03 bits per heavy atom. The maximum atomic E-state index is 13.1. The molecule has 0 aromatic heterocycles. The maximum absolute atomic E-state index is 13.1. The molecule has 1 atom stereocenters. The van der Waals surface area contributed by atoms with Gasteiger partial charge in [-0.05, 0) is 50.1 Å². The SMILES string of the molecule is COc1ccc(OC)c([C@@H](C)NC(=O)C2CCN(S(=O)(=O)c3ccc4c(c3)OCCO4)CC2)c1. The first-order chi connectivity index (χ1) is 16.3. The molecular weight excluding hydrogens is 460 g/mol. The molecule has 1 N–H and O–H groups in total. The second-order valence-corrected chi connectivity index (χ2v) is 10.3. The molecule has 2 aliphatic heterocycles. The van der Waals surface area contributed by atoms with Crippen LogP contribution < -0.4 is 24.3 Å². The third kappa shape index (κ3) is 4.92. The fourth-order valence-corrected chi connectivity index (χ4v) is 5.76. The van der Waals surface area contributed by atoms with Crippen molar-refractivity contribution in [1.29, 1.82) is 0 Å². The van der Waals surface area contributed by atoms with Crippen LogP contribution in [0.15, 0.2) is 41.3 Å². The summed E-state index contributed by atoms with van der Waals surface area (Å²) in [4.78, 5) is 13.1. The van der Waals surface area contributed by atoms with Gasteiger partial charge in [0.25, 0.3) is 0 Å². The largest absolute Gasteiger partial charge is 0.497 e. The third-order valence-corrected chi connectivity index (χ3v) is 8.13. The van der Waals surface area contributed by atoms with E-state index in [0.717, 1.165) is 5.56 Å². The van der Waals surface area contributed by atoms with Crippen LogP contribution in [0.4, 0.5) is 0 Å². The van der Waals surface area contributed by atoms with E-state index in [9.17, 15) is 13.2 Å². The van der Waals surface area contributed by atoms with Crippen molar-refractivity contribution in [2.24, 2.45) is 5.92 Å². The van der Waals surface area contributed by atoms with Crippen molar-refractivity contribution in [3.05, 3.63) is 42.0 Å². The zero-order valence-corrected chi connectivity index (χ0v) is 20.4. The number of nitrogens with one attached hydrogen (secondary N) is 1. The molecule has 0 radical (unpaired) electrons. The first-order valence-corrected chi connectivity index (χ1v) is 12.7. The fraction of sp³-hybridized carbons (Fsp3) is 0.458. The van der Waals surface area contributed by atoms with Crippen LogP contribution >= 0.6 is 0 Å². The van der Waals surface area contributed by atoms with Crippen molar-refractivity contribution in [2.45, 2.75) is 30.7 Å². The number of piperidine rings is 1. The lowest BCUT2D eigenvalue weighted by Gasteiger charge is -2.31. The second-order valence-electron chi connectivity index (χ2n) is 8.32. The van der Waals surface area contributed by atoms with Crippen LogP contribution in [0.25, 0.3) is 0 Å². The predicted molar refractivity (Wildman–Crippen MR) is 125 cm³/mol.